The van der Waals surface area contributed by atoms with E-state index < -0.39 is 12.1 Å². The molecule has 7 nitrogen and oxygen atoms in total. The lowest BCUT2D eigenvalue weighted by Gasteiger charge is -2.08. The van der Waals surface area contributed by atoms with E-state index in [-0.39, 0.29) is 5.91 Å². The zero-order valence-corrected chi connectivity index (χ0v) is 16.4. The molecule has 0 unspecified atom stereocenters. The summed E-state index contributed by atoms with van der Waals surface area (Å²) >= 11 is 0. The van der Waals surface area contributed by atoms with Crippen molar-refractivity contribution < 1.29 is 27.9 Å². The number of rotatable bonds is 3. The van der Waals surface area contributed by atoms with Crippen molar-refractivity contribution in [3.63, 3.8) is 0 Å². The molecular weight excluding hydrogens is 401 g/mol. The van der Waals surface area contributed by atoms with Crippen LogP contribution >= 0.6 is 0 Å². The summed E-state index contributed by atoms with van der Waals surface area (Å²) < 4.78 is 33.8. The Balaban J connectivity index is 0.000000396. The Morgan fingerprint density at radius 3 is 2.10 bits per heavy atom. The number of carboxylic acid groups (broad SMARTS) is 1. The minimum Gasteiger partial charge on any atom is -0.475 e. The number of hydrogen-bond acceptors (Lipinski definition) is 4. The average Bonchev–Trinajstić information content (AvgIpc) is 3.01. The number of amides is 1. The number of aryl methyl sites for hydroxylation is 2. The third kappa shape index (κ3) is 5.90. The Bertz CT molecular complexity index is 1040. The van der Waals surface area contributed by atoms with Gasteiger partial charge in [-0.2, -0.15) is 13.2 Å². The highest BCUT2D eigenvalue weighted by atomic mass is 19.4. The Morgan fingerprint density at radius 1 is 1.03 bits per heavy atom. The zero-order valence-electron chi connectivity index (χ0n) is 16.4. The van der Waals surface area contributed by atoms with Crippen molar-refractivity contribution in [2.24, 2.45) is 0 Å². The molecule has 0 saturated heterocycles. The number of carbonyl (C=O) groups is 2. The van der Waals surface area contributed by atoms with Gasteiger partial charge < -0.3 is 15.0 Å². The van der Waals surface area contributed by atoms with E-state index in [1.165, 1.54) is 0 Å². The summed E-state index contributed by atoms with van der Waals surface area (Å²) in [6.07, 6.45) is -1.65. The van der Waals surface area contributed by atoms with Crippen LogP contribution in [0.3, 0.4) is 0 Å². The number of alkyl halides is 3. The van der Waals surface area contributed by atoms with E-state index >= 15 is 0 Å². The summed E-state index contributed by atoms with van der Waals surface area (Å²) in [7, 11) is 0. The summed E-state index contributed by atoms with van der Waals surface area (Å²) in [6.45, 7) is 5.94. The van der Waals surface area contributed by atoms with E-state index in [1.807, 2.05) is 55.7 Å². The highest BCUT2D eigenvalue weighted by molar-refractivity contribution is 6.02. The van der Waals surface area contributed by atoms with E-state index in [4.69, 9.17) is 9.90 Å². The van der Waals surface area contributed by atoms with Crippen molar-refractivity contribution >= 4 is 17.6 Å². The fraction of sp³-hybridized carbons (Fsp3) is 0.200. The van der Waals surface area contributed by atoms with Crippen molar-refractivity contribution in [2.45, 2.75) is 26.9 Å². The largest absolute Gasteiger partial charge is 0.490 e. The van der Waals surface area contributed by atoms with Crippen molar-refractivity contribution in [1.29, 1.82) is 0 Å². The van der Waals surface area contributed by atoms with Gasteiger partial charge in [-0.1, -0.05) is 0 Å². The second kappa shape index (κ2) is 9.21. The van der Waals surface area contributed by atoms with Gasteiger partial charge in [-0.15, -0.1) is 0 Å². The van der Waals surface area contributed by atoms with Crippen LogP contribution in [-0.2, 0) is 4.79 Å². The van der Waals surface area contributed by atoms with E-state index in [1.54, 1.807) is 18.6 Å². The molecule has 2 N–H and O–H groups in total. The molecular formula is C20H19F3N4O3. The number of carboxylic acids is 1. The first kappa shape index (κ1) is 22.6. The lowest BCUT2D eigenvalue weighted by Crippen LogP contribution is -2.21. The van der Waals surface area contributed by atoms with E-state index in [0.717, 1.165) is 28.3 Å². The fourth-order valence-electron chi connectivity index (χ4n) is 2.32. The summed E-state index contributed by atoms with van der Waals surface area (Å²) in [5, 5.41) is 9.98. The second-order valence-electron chi connectivity index (χ2n) is 6.31. The maximum absolute atomic E-state index is 12.2. The van der Waals surface area contributed by atoms with Crippen LogP contribution in [-0.4, -0.2) is 37.7 Å². The van der Waals surface area contributed by atoms with E-state index in [2.05, 4.69) is 15.3 Å². The molecule has 0 aliphatic carbocycles. The fourth-order valence-corrected chi connectivity index (χ4v) is 2.32. The van der Waals surface area contributed by atoms with Gasteiger partial charge in [0, 0.05) is 23.3 Å². The van der Waals surface area contributed by atoms with Gasteiger partial charge >= 0.3 is 12.1 Å². The standard InChI is InChI=1S/C18H18N4O.C2HF3O2/c1-12-8-9-19-17(10-12)18(23)21-15-4-6-16(7-5-15)22-11-20-13(2)14(22)3;3-2(4,5)1(6)7/h4-11H,1-3H3,(H,21,23);(H,6,7). The van der Waals surface area contributed by atoms with Gasteiger partial charge in [0.15, 0.2) is 0 Å². The molecule has 158 valence electrons. The number of nitrogens with one attached hydrogen (secondary N) is 1. The Hall–Kier alpha value is -3.69. The number of halogens is 3. The van der Waals surface area contributed by atoms with Gasteiger partial charge in [-0.25, -0.2) is 9.78 Å². The maximum Gasteiger partial charge on any atom is 0.490 e. The Kier molecular flexibility index (Phi) is 6.93. The molecule has 0 atom stereocenters. The van der Waals surface area contributed by atoms with Crippen LogP contribution in [0.25, 0.3) is 5.69 Å². The number of benzene rings is 1. The quantitative estimate of drug-likeness (QED) is 0.666. The number of imidazole rings is 1. The highest BCUT2D eigenvalue weighted by Crippen LogP contribution is 2.17. The molecule has 2 aromatic heterocycles. The van der Waals surface area contributed by atoms with Crippen molar-refractivity contribution in [3.8, 4) is 5.69 Å². The van der Waals surface area contributed by atoms with Crippen molar-refractivity contribution in [2.75, 3.05) is 5.32 Å². The SMILES string of the molecule is Cc1ccnc(C(=O)Nc2ccc(-n3cnc(C)c3C)cc2)c1.O=C(O)C(F)(F)F. The highest BCUT2D eigenvalue weighted by Gasteiger charge is 2.38. The topological polar surface area (TPSA) is 97.1 Å². The molecule has 0 aliphatic heterocycles. The van der Waals surface area contributed by atoms with Crippen molar-refractivity contribution in [1.82, 2.24) is 14.5 Å². The predicted octanol–water partition coefficient (Wildman–Crippen LogP) is 4.08. The van der Waals surface area contributed by atoms with Gasteiger partial charge in [0.1, 0.15) is 5.69 Å². The van der Waals surface area contributed by atoms with Crippen LogP contribution < -0.4 is 5.32 Å². The molecule has 1 amide bonds. The second-order valence-corrected chi connectivity index (χ2v) is 6.31. The van der Waals surface area contributed by atoms with Gasteiger partial charge in [0.05, 0.1) is 12.0 Å². The number of nitrogens with zero attached hydrogens (tertiary/aromatic N) is 3. The third-order valence-corrected chi connectivity index (χ3v) is 4.05. The van der Waals surface area contributed by atoms with E-state index in [0.29, 0.717) is 5.69 Å². The molecule has 10 heteroatoms. The smallest absolute Gasteiger partial charge is 0.475 e. The molecule has 3 aromatic rings. The van der Waals surface area contributed by atoms with Gasteiger partial charge in [-0.3, -0.25) is 9.78 Å². The molecule has 0 fully saturated rings. The van der Waals surface area contributed by atoms with Gasteiger partial charge in [0.2, 0.25) is 0 Å². The van der Waals surface area contributed by atoms with Gasteiger partial charge in [-0.05, 0) is 62.7 Å². The van der Waals surface area contributed by atoms with Crippen LogP contribution in [0.1, 0.15) is 27.4 Å². The summed E-state index contributed by atoms with van der Waals surface area (Å²) in [5.74, 6) is -2.97. The summed E-state index contributed by atoms with van der Waals surface area (Å²) in [5.41, 5.74) is 5.27. The number of aliphatic carboxylic acids is 1. The molecule has 0 radical (unpaired) electrons. The van der Waals surface area contributed by atoms with Crippen LogP contribution in [0.2, 0.25) is 0 Å². The molecule has 0 bridgehead atoms. The molecule has 2 heterocycles. The summed E-state index contributed by atoms with van der Waals surface area (Å²) in [6, 6.07) is 11.3. The minimum absolute atomic E-state index is 0.212. The average molecular weight is 420 g/mol. The number of hydrogen-bond donors (Lipinski definition) is 2. The molecule has 0 aliphatic rings. The zero-order chi connectivity index (χ0) is 22.5. The van der Waals surface area contributed by atoms with Gasteiger partial charge in [0.25, 0.3) is 5.91 Å². The van der Waals surface area contributed by atoms with Crippen LogP contribution in [0, 0.1) is 20.8 Å². The third-order valence-electron chi connectivity index (χ3n) is 4.05. The molecule has 1 aromatic carbocycles. The van der Waals surface area contributed by atoms with Crippen molar-refractivity contribution in [3.05, 3.63) is 71.6 Å². The summed E-state index contributed by atoms with van der Waals surface area (Å²) in [4.78, 5) is 29.5. The maximum atomic E-state index is 12.2. The predicted molar refractivity (Wildman–Crippen MR) is 104 cm³/mol. The van der Waals surface area contributed by atoms with Crippen LogP contribution in [0.5, 0.6) is 0 Å². The van der Waals surface area contributed by atoms with E-state index in [9.17, 15) is 18.0 Å². The lowest BCUT2D eigenvalue weighted by molar-refractivity contribution is -0.192. The Morgan fingerprint density at radius 2 is 1.63 bits per heavy atom. The monoisotopic (exact) mass is 420 g/mol. The molecule has 3 rings (SSSR count). The lowest BCUT2D eigenvalue weighted by atomic mass is 10.2. The number of carbonyl (C=O) groups excluding carboxylic acids is 1. The molecule has 30 heavy (non-hydrogen) atoms. The first-order chi connectivity index (χ1) is 14.0. The first-order valence-electron chi connectivity index (χ1n) is 8.64. The number of anilines is 1. The molecule has 0 spiro atoms. The minimum atomic E-state index is -5.08. The normalized spacial score (nSPS) is 10.7. The number of aromatic nitrogens is 3. The van der Waals surface area contributed by atoms with Crippen LogP contribution in [0.15, 0.2) is 48.9 Å². The van der Waals surface area contributed by atoms with Crippen LogP contribution in [0.4, 0.5) is 18.9 Å². The number of pyridine rings is 1. The first-order valence-corrected chi connectivity index (χ1v) is 8.64. The molecule has 0 saturated carbocycles. The Labute approximate surface area is 170 Å².